The number of guanidine groups is 1. The maximum atomic E-state index is 12.3. The number of nitrogens with zero attached hydrogens (tertiary/aromatic N) is 1. The molecule has 1 aliphatic heterocycles. The summed E-state index contributed by atoms with van der Waals surface area (Å²) in [4.78, 5) is 16.5. The predicted octanol–water partition coefficient (Wildman–Crippen LogP) is 1.30. The van der Waals surface area contributed by atoms with Crippen molar-refractivity contribution in [1.82, 2.24) is 16.0 Å². The summed E-state index contributed by atoms with van der Waals surface area (Å²) in [5.74, 6) is 0.638. The number of carbonyl (C=O) groups is 1. The van der Waals surface area contributed by atoms with Gasteiger partial charge >= 0.3 is 0 Å². The summed E-state index contributed by atoms with van der Waals surface area (Å²) >= 11 is 0. The molecule has 0 radical (unpaired) electrons. The van der Waals surface area contributed by atoms with E-state index in [2.05, 4.69) is 20.9 Å². The average Bonchev–Trinajstić information content (AvgIpc) is 3.19. The fourth-order valence-electron chi connectivity index (χ4n) is 2.73. The molecule has 0 spiro atoms. The Kier molecular flexibility index (Phi) is 8.92. The normalized spacial score (nSPS) is 17.2. The van der Waals surface area contributed by atoms with Crippen molar-refractivity contribution >= 4 is 11.9 Å². The highest BCUT2D eigenvalue weighted by Gasteiger charge is 2.16. The summed E-state index contributed by atoms with van der Waals surface area (Å²) in [7, 11) is 1.73. The molecule has 1 aromatic carbocycles. The van der Waals surface area contributed by atoms with Crippen LogP contribution in [0.4, 0.5) is 0 Å². The van der Waals surface area contributed by atoms with Gasteiger partial charge in [-0.15, -0.1) is 0 Å². The molecule has 1 fully saturated rings. The van der Waals surface area contributed by atoms with E-state index in [-0.39, 0.29) is 12.0 Å². The Balaban J connectivity index is 1.78. The summed E-state index contributed by atoms with van der Waals surface area (Å²) in [5.41, 5.74) is 1.67. The van der Waals surface area contributed by atoms with Gasteiger partial charge in [0.25, 0.3) is 5.91 Å². The zero-order chi connectivity index (χ0) is 18.6. The zero-order valence-corrected chi connectivity index (χ0v) is 15.7. The van der Waals surface area contributed by atoms with E-state index in [1.54, 1.807) is 7.05 Å². The van der Waals surface area contributed by atoms with Gasteiger partial charge in [-0.05, 0) is 37.5 Å². The van der Waals surface area contributed by atoms with Crippen LogP contribution in [-0.4, -0.2) is 57.9 Å². The molecule has 0 bridgehead atoms. The van der Waals surface area contributed by atoms with Crippen LogP contribution in [0.3, 0.4) is 0 Å². The summed E-state index contributed by atoms with van der Waals surface area (Å²) in [6, 6.07) is 7.59. The van der Waals surface area contributed by atoms with Crippen LogP contribution in [0.25, 0.3) is 0 Å². The van der Waals surface area contributed by atoms with Crippen molar-refractivity contribution < 1.29 is 14.3 Å². The second-order valence-corrected chi connectivity index (χ2v) is 6.09. The van der Waals surface area contributed by atoms with Crippen LogP contribution >= 0.6 is 0 Å². The van der Waals surface area contributed by atoms with Crippen LogP contribution in [0.1, 0.15) is 35.7 Å². The van der Waals surface area contributed by atoms with E-state index in [1.807, 2.05) is 31.2 Å². The maximum Gasteiger partial charge on any atom is 0.251 e. The first-order chi connectivity index (χ1) is 12.7. The molecule has 1 saturated heterocycles. The molecule has 0 aromatic heterocycles. The van der Waals surface area contributed by atoms with Gasteiger partial charge in [0.05, 0.1) is 12.7 Å². The molecule has 0 saturated carbocycles. The summed E-state index contributed by atoms with van der Waals surface area (Å²) < 4.78 is 10.8. The van der Waals surface area contributed by atoms with Crippen molar-refractivity contribution in [3.8, 4) is 0 Å². The molecule has 1 unspecified atom stereocenters. The highest BCUT2D eigenvalue weighted by atomic mass is 16.5. The van der Waals surface area contributed by atoms with Gasteiger partial charge in [0.1, 0.15) is 0 Å². The van der Waals surface area contributed by atoms with Crippen molar-refractivity contribution in [2.75, 3.05) is 40.0 Å². The molecule has 1 amide bonds. The van der Waals surface area contributed by atoms with Crippen molar-refractivity contribution in [2.24, 2.45) is 4.99 Å². The molecule has 3 N–H and O–H groups in total. The fourth-order valence-corrected chi connectivity index (χ4v) is 2.73. The van der Waals surface area contributed by atoms with E-state index in [0.29, 0.717) is 44.4 Å². The lowest BCUT2D eigenvalue weighted by atomic mass is 10.1. The molecule has 144 valence electrons. The van der Waals surface area contributed by atoms with Gasteiger partial charge in [-0.2, -0.15) is 0 Å². The van der Waals surface area contributed by atoms with Gasteiger partial charge in [0, 0.05) is 45.5 Å². The Labute approximate surface area is 155 Å². The Morgan fingerprint density at radius 1 is 1.35 bits per heavy atom. The Morgan fingerprint density at radius 2 is 2.23 bits per heavy atom. The summed E-state index contributed by atoms with van der Waals surface area (Å²) in [5, 5.41) is 9.37. The van der Waals surface area contributed by atoms with Gasteiger partial charge < -0.3 is 25.4 Å². The second kappa shape index (κ2) is 11.5. The zero-order valence-electron chi connectivity index (χ0n) is 15.7. The van der Waals surface area contributed by atoms with Crippen LogP contribution in [0.5, 0.6) is 0 Å². The predicted molar refractivity (Wildman–Crippen MR) is 102 cm³/mol. The van der Waals surface area contributed by atoms with Gasteiger partial charge in [0.2, 0.25) is 0 Å². The standard InChI is InChI=1S/C19H30N4O3/c1-3-25-11-9-21-19(20-2)23-13-15-6-4-7-16(12-15)18(24)22-14-17-8-5-10-26-17/h4,6-7,12,17H,3,5,8-11,13-14H2,1-2H3,(H,22,24)(H2,20,21,23). The van der Waals surface area contributed by atoms with Gasteiger partial charge in [-0.3, -0.25) is 9.79 Å². The highest BCUT2D eigenvalue weighted by Crippen LogP contribution is 2.11. The van der Waals surface area contributed by atoms with E-state index >= 15 is 0 Å². The maximum absolute atomic E-state index is 12.3. The average molecular weight is 362 g/mol. The smallest absolute Gasteiger partial charge is 0.251 e. The third kappa shape index (κ3) is 7.01. The Morgan fingerprint density at radius 3 is 2.96 bits per heavy atom. The van der Waals surface area contributed by atoms with Crippen LogP contribution in [0, 0.1) is 0 Å². The molecule has 7 nitrogen and oxygen atoms in total. The number of carbonyl (C=O) groups excluding carboxylic acids is 1. The van der Waals surface area contributed by atoms with Gasteiger partial charge in [0.15, 0.2) is 5.96 Å². The lowest BCUT2D eigenvalue weighted by Gasteiger charge is -2.13. The lowest BCUT2D eigenvalue weighted by molar-refractivity contribution is 0.0857. The molecular weight excluding hydrogens is 332 g/mol. The second-order valence-electron chi connectivity index (χ2n) is 6.09. The first-order valence-electron chi connectivity index (χ1n) is 9.24. The minimum Gasteiger partial charge on any atom is -0.380 e. The number of hydrogen-bond donors (Lipinski definition) is 3. The lowest BCUT2D eigenvalue weighted by Crippen LogP contribution is -2.38. The number of aliphatic imine (C=N–C) groups is 1. The van der Waals surface area contributed by atoms with Gasteiger partial charge in [-0.1, -0.05) is 12.1 Å². The van der Waals surface area contributed by atoms with E-state index in [1.165, 1.54) is 0 Å². The molecule has 1 atom stereocenters. The molecule has 1 aromatic rings. The first kappa shape index (κ1) is 20.2. The monoisotopic (exact) mass is 362 g/mol. The number of benzene rings is 1. The molecule has 2 rings (SSSR count). The van der Waals surface area contributed by atoms with E-state index in [0.717, 1.165) is 25.0 Å². The van der Waals surface area contributed by atoms with Gasteiger partial charge in [-0.25, -0.2) is 0 Å². The molecule has 7 heteroatoms. The Hall–Kier alpha value is -2.12. The van der Waals surface area contributed by atoms with Crippen molar-refractivity contribution in [2.45, 2.75) is 32.4 Å². The third-order valence-corrected chi connectivity index (χ3v) is 4.13. The van der Waals surface area contributed by atoms with Crippen LogP contribution < -0.4 is 16.0 Å². The minimum absolute atomic E-state index is 0.0680. The molecule has 1 aliphatic rings. The van der Waals surface area contributed by atoms with Crippen LogP contribution in [-0.2, 0) is 16.0 Å². The van der Waals surface area contributed by atoms with Crippen molar-refractivity contribution in [1.29, 1.82) is 0 Å². The number of hydrogen-bond acceptors (Lipinski definition) is 4. The van der Waals surface area contributed by atoms with Crippen molar-refractivity contribution in [3.05, 3.63) is 35.4 Å². The molecule has 1 heterocycles. The quantitative estimate of drug-likeness (QED) is 0.350. The van der Waals surface area contributed by atoms with Crippen LogP contribution in [0.15, 0.2) is 29.3 Å². The van der Waals surface area contributed by atoms with Crippen molar-refractivity contribution in [3.63, 3.8) is 0 Å². The number of rotatable bonds is 9. The number of ether oxygens (including phenoxy) is 2. The number of amides is 1. The summed E-state index contributed by atoms with van der Waals surface area (Å²) in [6.07, 6.45) is 2.23. The highest BCUT2D eigenvalue weighted by molar-refractivity contribution is 5.94. The topological polar surface area (TPSA) is 84.0 Å². The first-order valence-corrected chi connectivity index (χ1v) is 9.24. The largest absolute Gasteiger partial charge is 0.380 e. The number of nitrogens with one attached hydrogen (secondary N) is 3. The molecular formula is C19H30N4O3. The third-order valence-electron chi connectivity index (χ3n) is 4.13. The summed E-state index contributed by atoms with van der Waals surface area (Å²) in [6.45, 7) is 5.95. The van der Waals surface area contributed by atoms with E-state index < -0.39 is 0 Å². The Bertz CT molecular complexity index is 586. The minimum atomic E-state index is -0.0680. The molecule has 0 aliphatic carbocycles. The van der Waals surface area contributed by atoms with E-state index in [9.17, 15) is 4.79 Å². The van der Waals surface area contributed by atoms with Crippen LogP contribution in [0.2, 0.25) is 0 Å². The SMILES string of the molecule is CCOCCNC(=NC)NCc1cccc(C(=O)NCC2CCCO2)c1. The molecule has 26 heavy (non-hydrogen) atoms. The van der Waals surface area contributed by atoms with E-state index in [4.69, 9.17) is 9.47 Å². The fraction of sp³-hybridized carbons (Fsp3) is 0.579.